The Morgan fingerprint density at radius 2 is 1.79 bits per heavy atom. The van der Waals surface area contributed by atoms with Gasteiger partial charge in [-0.3, -0.25) is 24.8 Å². The first-order valence-electron chi connectivity index (χ1n) is 10.4. The molecule has 1 saturated carbocycles. The van der Waals surface area contributed by atoms with Crippen LogP contribution in [0.2, 0.25) is 0 Å². The molecule has 11 heteroatoms. The average Bonchev–Trinajstić information content (AvgIpc) is 3.15. The summed E-state index contributed by atoms with van der Waals surface area (Å²) in [5.41, 5.74) is 1.62. The van der Waals surface area contributed by atoms with Gasteiger partial charge in [-0.25, -0.2) is 13.2 Å². The maximum absolute atomic E-state index is 12.7. The summed E-state index contributed by atoms with van der Waals surface area (Å²) in [6.45, 7) is 2.81. The molecule has 1 atom stereocenters. The van der Waals surface area contributed by atoms with E-state index in [9.17, 15) is 22.8 Å². The van der Waals surface area contributed by atoms with Gasteiger partial charge in [-0.1, -0.05) is 19.3 Å². The van der Waals surface area contributed by atoms with Crippen LogP contribution >= 0.6 is 0 Å². The van der Waals surface area contributed by atoms with Crippen LogP contribution in [0.15, 0.2) is 0 Å². The topological polar surface area (TPSA) is 119 Å². The van der Waals surface area contributed by atoms with Gasteiger partial charge < -0.3 is 5.32 Å². The molecule has 0 radical (unpaired) electrons. The Hall–Kier alpha value is -1.72. The van der Waals surface area contributed by atoms with Crippen LogP contribution in [0, 0.1) is 0 Å². The molecule has 0 aromatic carbocycles. The van der Waals surface area contributed by atoms with Crippen molar-refractivity contribution in [2.75, 3.05) is 44.2 Å². The van der Waals surface area contributed by atoms with Gasteiger partial charge in [0, 0.05) is 32.2 Å². The fourth-order valence-corrected chi connectivity index (χ4v) is 6.69. The summed E-state index contributed by atoms with van der Waals surface area (Å²) in [6.07, 6.45) is 4.74. The normalized spacial score (nSPS) is 29.9. The summed E-state index contributed by atoms with van der Waals surface area (Å²) >= 11 is 0. The van der Waals surface area contributed by atoms with E-state index < -0.39 is 27.3 Å². The molecule has 3 aliphatic heterocycles. The molecule has 4 fully saturated rings. The summed E-state index contributed by atoms with van der Waals surface area (Å²) in [7, 11) is -2.91. The Balaban J connectivity index is 1.25. The predicted molar refractivity (Wildman–Crippen MR) is 104 cm³/mol. The highest BCUT2D eigenvalue weighted by atomic mass is 32.2. The number of hydrazine groups is 1. The maximum Gasteiger partial charge on any atom is 0.344 e. The van der Waals surface area contributed by atoms with Crippen LogP contribution in [-0.4, -0.2) is 96.9 Å². The number of piperazine rings is 1. The minimum absolute atomic E-state index is 0.0774. The molecule has 4 rings (SSSR count). The van der Waals surface area contributed by atoms with Crippen molar-refractivity contribution in [2.24, 2.45) is 0 Å². The smallest absolute Gasteiger partial charge is 0.322 e. The molecule has 162 valence electrons. The molecule has 29 heavy (non-hydrogen) atoms. The third-order valence-corrected chi connectivity index (χ3v) is 8.35. The van der Waals surface area contributed by atoms with Crippen LogP contribution in [0.1, 0.15) is 38.5 Å². The number of sulfone groups is 1. The molecule has 0 unspecified atom stereocenters. The van der Waals surface area contributed by atoms with Crippen molar-refractivity contribution in [3.8, 4) is 0 Å². The molecule has 1 aliphatic carbocycles. The molecule has 3 saturated heterocycles. The van der Waals surface area contributed by atoms with Crippen molar-refractivity contribution >= 4 is 27.7 Å². The molecule has 0 aromatic heterocycles. The second-order valence-corrected chi connectivity index (χ2v) is 10.8. The van der Waals surface area contributed by atoms with Crippen molar-refractivity contribution in [3.05, 3.63) is 0 Å². The van der Waals surface area contributed by atoms with Crippen molar-refractivity contribution < 1.29 is 22.8 Å². The lowest BCUT2D eigenvalue weighted by Crippen LogP contribution is -2.55. The predicted octanol–water partition coefficient (Wildman–Crippen LogP) is -0.923. The van der Waals surface area contributed by atoms with Crippen LogP contribution in [0.3, 0.4) is 0 Å². The van der Waals surface area contributed by atoms with E-state index in [4.69, 9.17) is 0 Å². The van der Waals surface area contributed by atoms with Gasteiger partial charge in [-0.05, 0) is 19.3 Å². The van der Waals surface area contributed by atoms with Gasteiger partial charge in [0.2, 0.25) is 0 Å². The standard InChI is InChI=1S/C18H29N5O5S/c24-15(20-23-16(25)18(19-17(23)26)5-2-1-3-6-18)12-21-7-9-22(10-8-21)14-4-11-29(27,28)13-14/h14H,1-13H2,(H,19,26)(H,20,24)/t14-/m1/s1. The fourth-order valence-electron chi connectivity index (χ4n) is 4.93. The zero-order valence-corrected chi connectivity index (χ0v) is 17.4. The monoisotopic (exact) mass is 427 g/mol. The number of urea groups is 1. The largest absolute Gasteiger partial charge is 0.344 e. The van der Waals surface area contributed by atoms with E-state index in [2.05, 4.69) is 15.6 Å². The highest BCUT2D eigenvalue weighted by molar-refractivity contribution is 7.91. The number of hydrogen-bond acceptors (Lipinski definition) is 7. The van der Waals surface area contributed by atoms with E-state index >= 15 is 0 Å². The SMILES string of the molecule is O=C(CN1CCN([C@@H]2CCS(=O)(=O)C2)CC1)NN1C(=O)NC2(CCCCC2)C1=O. The Bertz CT molecular complexity index is 786. The number of amides is 4. The number of imide groups is 1. The summed E-state index contributed by atoms with van der Waals surface area (Å²) in [5, 5.41) is 3.62. The lowest BCUT2D eigenvalue weighted by Gasteiger charge is -2.37. The minimum Gasteiger partial charge on any atom is -0.322 e. The van der Waals surface area contributed by atoms with Gasteiger partial charge in [0.05, 0.1) is 18.1 Å². The van der Waals surface area contributed by atoms with Crippen LogP contribution in [0.25, 0.3) is 0 Å². The van der Waals surface area contributed by atoms with Gasteiger partial charge in [0.15, 0.2) is 9.84 Å². The number of rotatable bonds is 4. The molecule has 0 aromatic rings. The van der Waals surface area contributed by atoms with E-state index in [1.807, 2.05) is 4.90 Å². The van der Waals surface area contributed by atoms with E-state index in [1.165, 1.54) is 0 Å². The molecule has 3 heterocycles. The Kier molecular flexibility index (Phi) is 5.56. The van der Waals surface area contributed by atoms with Gasteiger partial charge in [0.25, 0.3) is 11.8 Å². The highest BCUT2D eigenvalue weighted by Crippen LogP contribution is 2.33. The fraction of sp³-hybridized carbons (Fsp3) is 0.833. The van der Waals surface area contributed by atoms with E-state index in [0.29, 0.717) is 45.4 Å². The van der Waals surface area contributed by atoms with Crippen molar-refractivity contribution in [3.63, 3.8) is 0 Å². The maximum atomic E-state index is 12.7. The van der Waals surface area contributed by atoms with Crippen LogP contribution in [-0.2, 0) is 19.4 Å². The molecular weight excluding hydrogens is 398 g/mol. The zero-order valence-electron chi connectivity index (χ0n) is 16.6. The molecule has 10 nitrogen and oxygen atoms in total. The number of nitrogens with zero attached hydrogens (tertiary/aromatic N) is 3. The first-order chi connectivity index (χ1) is 13.8. The quantitative estimate of drug-likeness (QED) is 0.557. The van der Waals surface area contributed by atoms with E-state index in [1.54, 1.807) is 0 Å². The zero-order chi connectivity index (χ0) is 20.6. The highest BCUT2D eigenvalue weighted by Gasteiger charge is 2.52. The number of nitrogens with one attached hydrogen (secondary N) is 2. The third kappa shape index (κ3) is 4.26. The van der Waals surface area contributed by atoms with Crippen molar-refractivity contribution in [1.82, 2.24) is 25.6 Å². The Labute approximate surface area is 170 Å². The summed E-state index contributed by atoms with van der Waals surface area (Å²) in [6, 6.07) is -0.480. The number of carbonyl (C=O) groups is 3. The molecule has 2 N–H and O–H groups in total. The molecule has 0 bridgehead atoms. The number of carbonyl (C=O) groups excluding carboxylic acids is 3. The third-order valence-electron chi connectivity index (χ3n) is 6.60. The Morgan fingerprint density at radius 3 is 2.41 bits per heavy atom. The lowest BCUT2D eigenvalue weighted by molar-refractivity contribution is -0.140. The van der Waals surface area contributed by atoms with E-state index in [0.717, 1.165) is 24.3 Å². The minimum atomic E-state index is -2.91. The summed E-state index contributed by atoms with van der Waals surface area (Å²) in [4.78, 5) is 41.5. The first-order valence-corrected chi connectivity index (χ1v) is 12.2. The molecule has 4 aliphatic rings. The van der Waals surface area contributed by atoms with Crippen LogP contribution in [0.4, 0.5) is 4.79 Å². The van der Waals surface area contributed by atoms with Gasteiger partial charge >= 0.3 is 6.03 Å². The van der Waals surface area contributed by atoms with Crippen molar-refractivity contribution in [1.29, 1.82) is 0 Å². The van der Waals surface area contributed by atoms with Gasteiger partial charge in [-0.2, -0.15) is 5.01 Å². The molecule has 1 spiro atoms. The van der Waals surface area contributed by atoms with Crippen molar-refractivity contribution in [2.45, 2.75) is 50.1 Å². The van der Waals surface area contributed by atoms with Gasteiger partial charge in [0.1, 0.15) is 5.54 Å². The number of hydrogen-bond donors (Lipinski definition) is 2. The second-order valence-electron chi connectivity index (χ2n) is 8.62. The second kappa shape index (κ2) is 7.84. The van der Waals surface area contributed by atoms with Gasteiger partial charge in [-0.15, -0.1) is 0 Å². The van der Waals surface area contributed by atoms with E-state index in [-0.39, 0.29) is 30.0 Å². The Morgan fingerprint density at radius 1 is 1.10 bits per heavy atom. The molecular formula is C18H29N5O5S. The van der Waals surface area contributed by atoms with Crippen LogP contribution < -0.4 is 10.7 Å². The average molecular weight is 428 g/mol. The summed E-state index contributed by atoms with van der Waals surface area (Å²) in [5.74, 6) is -0.268. The summed E-state index contributed by atoms with van der Waals surface area (Å²) < 4.78 is 23.3. The lowest BCUT2D eigenvalue weighted by atomic mass is 9.82. The van der Waals surface area contributed by atoms with Crippen LogP contribution in [0.5, 0.6) is 0 Å². The first kappa shape index (κ1) is 20.5. The molecule has 4 amide bonds.